The minimum atomic E-state index is -0.233. The molecule has 0 amide bonds. The summed E-state index contributed by atoms with van der Waals surface area (Å²) in [6.45, 7) is 1.19. The summed E-state index contributed by atoms with van der Waals surface area (Å²) >= 11 is 5.97. The molecule has 0 aliphatic carbocycles. The Morgan fingerprint density at radius 3 is 2.65 bits per heavy atom. The lowest BCUT2D eigenvalue weighted by Crippen LogP contribution is -2.17. The van der Waals surface area contributed by atoms with E-state index in [0.717, 1.165) is 16.8 Å². The molecule has 0 saturated carbocycles. The van der Waals surface area contributed by atoms with E-state index < -0.39 is 0 Å². The van der Waals surface area contributed by atoms with E-state index in [2.05, 4.69) is 0 Å². The highest BCUT2D eigenvalue weighted by atomic mass is 35.5. The monoisotopic (exact) mass is 292 g/mol. The predicted octanol–water partition coefficient (Wildman–Crippen LogP) is 3.62. The zero-order valence-corrected chi connectivity index (χ0v) is 12.2. The van der Waals surface area contributed by atoms with E-state index in [1.54, 1.807) is 0 Å². The van der Waals surface area contributed by atoms with Crippen molar-refractivity contribution >= 4 is 17.3 Å². The van der Waals surface area contributed by atoms with Gasteiger partial charge in [-0.25, -0.2) is 4.39 Å². The third-order valence-corrected chi connectivity index (χ3v) is 3.36. The zero-order chi connectivity index (χ0) is 14.5. The first-order chi connectivity index (χ1) is 9.58. The third kappa shape index (κ3) is 3.95. The minimum Gasteiger partial charge on any atom is -0.370 e. The van der Waals surface area contributed by atoms with Gasteiger partial charge in [0.25, 0.3) is 0 Å². The lowest BCUT2D eigenvalue weighted by molar-refractivity contribution is 0.624. The second-order valence-corrected chi connectivity index (χ2v) is 5.28. The van der Waals surface area contributed by atoms with E-state index in [4.69, 9.17) is 17.3 Å². The van der Waals surface area contributed by atoms with Gasteiger partial charge in [0.15, 0.2) is 0 Å². The Bertz CT molecular complexity index is 586. The van der Waals surface area contributed by atoms with E-state index >= 15 is 0 Å². The van der Waals surface area contributed by atoms with E-state index in [1.165, 1.54) is 12.1 Å². The van der Waals surface area contributed by atoms with Crippen LogP contribution in [0.5, 0.6) is 0 Å². The van der Waals surface area contributed by atoms with Gasteiger partial charge in [-0.3, -0.25) is 0 Å². The molecule has 0 aliphatic heterocycles. The highest BCUT2D eigenvalue weighted by molar-refractivity contribution is 6.30. The van der Waals surface area contributed by atoms with Crippen LogP contribution in [0.3, 0.4) is 0 Å². The van der Waals surface area contributed by atoms with Gasteiger partial charge >= 0.3 is 0 Å². The first-order valence-corrected chi connectivity index (χ1v) is 6.91. The Balaban J connectivity index is 2.18. The fourth-order valence-corrected chi connectivity index (χ4v) is 2.38. The SMILES string of the molecule is CN(Cc1cccc(Cl)c1)c1cc(F)cc(CCN)c1. The van der Waals surface area contributed by atoms with Crippen LogP contribution in [0.15, 0.2) is 42.5 Å². The lowest BCUT2D eigenvalue weighted by atomic mass is 10.1. The van der Waals surface area contributed by atoms with Crippen molar-refractivity contribution in [2.24, 2.45) is 5.73 Å². The van der Waals surface area contributed by atoms with Crippen molar-refractivity contribution in [1.82, 2.24) is 0 Å². The average Bonchev–Trinajstić information content (AvgIpc) is 2.38. The molecule has 0 bridgehead atoms. The summed E-state index contributed by atoms with van der Waals surface area (Å²) in [5.74, 6) is -0.233. The first-order valence-electron chi connectivity index (χ1n) is 6.53. The molecule has 106 valence electrons. The molecule has 0 atom stereocenters. The van der Waals surface area contributed by atoms with Crippen LogP contribution in [0.2, 0.25) is 5.02 Å². The van der Waals surface area contributed by atoms with Gasteiger partial charge in [-0.2, -0.15) is 0 Å². The fraction of sp³-hybridized carbons (Fsp3) is 0.250. The molecule has 2 aromatic rings. The number of nitrogens with zero attached hydrogens (tertiary/aromatic N) is 1. The maximum absolute atomic E-state index is 13.6. The van der Waals surface area contributed by atoms with Crippen LogP contribution in [0.4, 0.5) is 10.1 Å². The van der Waals surface area contributed by atoms with Crippen LogP contribution in [0.1, 0.15) is 11.1 Å². The smallest absolute Gasteiger partial charge is 0.125 e. The summed E-state index contributed by atoms with van der Waals surface area (Å²) < 4.78 is 13.6. The maximum atomic E-state index is 13.6. The number of hydrogen-bond acceptors (Lipinski definition) is 2. The van der Waals surface area contributed by atoms with Gasteiger partial charge in [-0.05, 0) is 54.4 Å². The molecule has 0 fully saturated rings. The Morgan fingerprint density at radius 1 is 1.15 bits per heavy atom. The van der Waals surface area contributed by atoms with Crippen LogP contribution in [-0.4, -0.2) is 13.6 Å². The van der Waals surface area contributed by atoms with Crippen molar-refractivity contribution in [1.29, 1.82) is 0 Å². The van der Waals surface area contributed by atoms with Crippen molar-refractivity contribution in [3.63, 3.8) is 0 Å². The molecule has 0 saturated heterocycles. The van der Waals surface area contributed by atoms with E-state index in [-0.39, 0.29) is 5.82 Å². The molecule has 0 heterocycles. The topological polar surface area (TPSA) is 29.3 Å². The molecule has 20 heavy (non-hydrogen) atoms. The van der Waals surface area contributed by atoms with Crippen molar-refractivity contribution < 1.29 is 4.39 Å². The van der Waals surface area contributed by atoms with E-state index in [1.807, 2.05) is 42.3 Å². The number of halogens is 2. The van der Waals surface area contributed by atoms with Gasteiger partial charge in [0, 0.05) is 24.3 Å². The number of hydrogen-bond donors (Lipinski definition) is 1. The van der Waals surface area contributed by atoms with E-state index in [9.17, 15) is 4.39 Å². The summed E-state index contributed by atoms with van der Waals surface area (Å²) in [5, 5.41) is 0.707. The van der Waals surface area contributed by atoms with Crippen LogP contribution in [-0.2, 0) is 13.0 Å². The minimum absolute atomic E-state index is 0.233. The molecule has 2 rings (SSSR count). The maximum Gasteiger partial charge on any atom is 0.125 e. The zero-order valence-electron chi connectivity index (χ0n) is 11.4. The van der Waals surface area contributed by atoms with Crippen molar-refractivity contribution in [3.8, 4) is 0 Å². The molecule has 2 N–H and O–H groups in total. The summed E-state index contributed by atoms with van der Waals surface area (Å²) in [4.78, 5) is 1.99. The molecule has 0 radical (unpaired) electrons. The predicted molar refractivity (Wildman–Crippen MR) is 82.7 cm³/mol. The van der Waals surface area contributed by atoms with Gasteiger partial charge < -0.3 is 10.6 Å². The van der Waals surface area contributed by atoms with Crippen molar-refractivity contribution in [3.05, 3.63) is 64.4 Å². The van der Waals surface area contributed by atoms with Gasteiger partial charge in [0.05, 0.1) is 0 Å². The Kier molecular flexibility index (Phi) is 4.99. The molecule has 2 aromatic carbocycles. The number of rotatable bonds is 5. The summed E-state index contributed by atoms with van der Waals surface area (Å²) in [5.41, 5.74) is 8.37. The fourth-order valence-electron chi connectivity index (χ4n) is 2.17. The molecule has 4 heteroatoms. The highest BCUT2D eigenvalue weighted by Gasteiger charge is 2.06. The van der Waals surface area contributed by atoms with Crippen molar-refractivity contribution in [2.75, 3.05) is 18.5 Å². The third-order valence-electron chi connectivity index (χ3n) is 3.12. The second kappa shape index (κ2) is 6.73. The van der Waals surface area contributed by atoms with Crippen molar-refractivity contribution in [2.45, 2.75) is 13.0 Å². The standard InChI is InChI=1S/C16H18ClFN2/c1-20(11-13-3-2-4-14(17)7-13)16-9-12(5-6-19)8-15(18)10-16/h2-4,7-10H,5-6,11,19H2,1H3. The number of nitrogens with two attached hydrogens (primary N) is 1. The molecule has 0 spiro atoms. The molecule has 0 aliphatic rings. The molecular formula is C16H18ClFN2. The highest BCUT2D eigenvalue weighted by Crippen LogP contribution is 2.21. The summed E-state index contributed by atoms with van der Waals surface area (Å²) in [6, 6.07) is 12.7. The van der Waals surface area contributed by atoms with Crippen LogP contribution < -0.4 is 10.6 Å². The summed E-state index contributed by atoms with van der Waals surface area (Å²) in [7, 11) is 1.93. The van der Waals surface area contributed by atoms with E-state index in [0.29, 0.717) is 24.5 Å². The quantitative estimate of drug-likeness (QED) is 0.912. The van der Waals surface area contributed by atoms with Gasteiger partial charge in [0.1, 0.15) is 5.82 Å². The molecule has 0 unspecified atom stereocenters. The summed E-state index contributed by atoms with van der Waals surface area (Å²) in [6.07, 6.45) is 0.676. The molecule has 0 aromatic heterocycles. The number of anilines is 1. The van der Waals surface area contributed by atoms with Gasteiger partial charge in [-0.15, -0.1) is 0 Å². The van der Waals surface area contributed by atoms with Gasteiger partial charge in [0.2, 0.25) is 0 Å². The normalized spacial score (nSPS) is 10.6. The van der Waals surface area contributed by atoms with Crippen LogP contribution in [0.25, 0.3) is 0 Å². The number of benzene rings is 2. The lowest BCUT2D eigenvalue weighted by Gasteiger charge is -2.20. The average molecular weight is 293 g/mol. The largest absolute Gasteiger partial charge is 0.370 e. The first kappa shape index (κ1) is 14.8. The molecule has 2 nitrogen and oxygen atoms in total. The van der Waals surface area contributed by atoms with Crippen LogP contribution >= 0.6 is 11.6 Å². The van der Waals surface area contributed by atoms with Gasteiger partial charge in [-0.1, -0.05) is 23.7 Å². The Labute approximate surface area is 124 Å². The van der Waals surface area contributed by atoms with Crippen LogP contribution in [0, 0.1) is 5.82 Å². The molecular weight excluding hydrogens is 275 g/mol. The second-order valence-electron chi connectivity index (χ2n) is 4.84. The Morgan fingerprint density at radius 2 is 1.95 bits per heavy atom. The Hall–Kier alpha value is -1.58.